The summed E-state index contributed by atoms with van der Waals surface area (Å²) in [5.74, 6) is -0.523. The summed E-state index contributed by atoms with van der Waals surface area (Å²) in [6.07, 6.45) is 1.74. The molecule has 1 aromatic carbocycles. The molecule has 3 N–H and O–H groups in total. The van der Waals surface area contributed by atoms with Gasteiger partial charge in [0, 0.05) is 0 Å². The molecule has 0 aliphatic rings. The molecule has 1 rings (SSSR count). The van der Waals surface area contributed by atoms with Crippen molar-refractivity contribution in [2.24, 2.45) is 5.73 Å². The fourth-order valence-corrected chi connectivity index (χ4v) is 2.14. The van der Waals surface area contributed by atoms with Crippen LogP contribution < -0.4 is 10.5 Å². The zero-order valence-corrected chi connectivity index (χ0v) is 13.3. The van der Waals surface area contributed by atoms with Crippen molar-refractivity contribution < 1.29 is 14.2 Å². The predicted octanol–water partition coefficient (Wildman–Crippen LogP) is 3.85. The van der Waals surface area contributed by atoms with Crippen molar-refractivity contribution in [3.63, 3.8) is 0 Å². The number of hydrogen-bond acceptors (Lipinski definition) is 3. The highest BCUT2D eigenvalue weighted by molar-refractivity contribution is 6.32. The lowest BCUT2D eigenvalue weighted by Crippen LogP contribution is -2.26. The van der Waals surface area contributed by atoms with E-state index in [9.17, 15) is 9.50 Å². The number of halogens is 3. The van der Waals surface area contributed by atoms with Gasteiger partial charge in [0.1, 0.15) is 0 Å². The van der Waals surface area contributed by atoms with Gasteiger partial charge >= 0.3 is 0 Å². The Balaban J connectivity index is 0.00000361. The van der Waals surface area contributed by atoms with Gasteiger partial charge in [-0.3, -0.25) is 0 Å². The smallest absolute Gasteiger partial charge is 0.173 e. The van der Waals surface area contributed by atoms with Crippen molar-refractivity contribution in [3.05, 3.63) is 28.5 Å². The Morgan fingerprint density at radius 3 is 2.55 bits per heavy atom. The van der Waals surface area contributed by atoms with Gasteiger partial charge in [-0.05, 0) is 31.0 Å². The number of hydrogen-bond donors (Lipinski definition) is 2. The highest BCUT2D eigenvalue weighted by Gasteiger charge is 2.20. The van der Waals surface area contributed by atoms with E-state index in [0.717, 1.165) is 12.8 Å². The maximum atomic E-state index is 13.8. The first-order valence-corrected chi connectivity index (χ1v) is 6.94. The molecular formula is C14H22Cl2FNO2. The fraction of sp³-hybridized carbons (Fsp3) is 0.571. The molecule has 116 valence electrons. The van der Waals surface area contributed by atoms with Crippen molar-refractivity contribution in [1.29, 1.82) is 0 Å². The fourth-order valence-electron chi connectivity index (χ4n) is 1.87. The number of aliphatic hydroxyl groups is 1. The molecule has 0 bridgehead atoms. The second-order valence-corrected chi connectivity index (χ2v) is 4.89. The summed E-state index contributed by atoms with van der Waals surface area (Å²) in [6.45, 7) is 4.12. The van der Waals surface area contributed by atoms with E-state index >= 15 is 0 Å². The third-order valence-electron chi connectivity index (χ3n) is 2.96. The van der Waals surface area contributed by atoms with Gasteiger partial charge < -0.3 is 15.6 Å². The maximum Gasteiger partial charge on any atom is 0.173 e. The summed E-state index contributed by atoms with van der Waals surface area (Å²) in [4.78, 5) is 0. The van der Waals surface area contributed by atoms with E-state index in [2.05, 4.69) is 0 Å². The van der Waals surface area contributed by atoms with Gasteiger partial charge in [-0.2, -0.15) is 0 Å². The minimum Gasteiger partial charge on any atom is -0.489 e. The van der Waals surface area contributed by atoms with Crippen LogP contribution in [0.15, 0.2) is 12.1 Å². The van der Waals surface area contributed by atoms with Crippen molar-refractivity contribution in [2.75, 3.05) is 6.61 Å². The molecule has 0 saturated carbocycles. The Hall–Kier alpha value is -0.550. The van der Waals surface area contributed by atoms with Crippen LogP contribution in [0, 0.1) is 5.82 Å². The average Bonchev–Trinajstić information content (AvgIpc) is 2.39. The van der Waals surface area contributed by atoms with E-state index in [-0.39, 0.29) is 23.2 Å². The molecule has 20 heavy (non-hydrogen) atoms. The SMILES string of the molecule is CCCC[C@H](O)[C@H](N)c1cc(F)c(OCC)c(Cl)c1.Cl. The van der Waals surface area contributed by atoms with Crippen LogP contribution in [0.4, 0.5) is 4.39 Å². The number of benzene rings is 1. The van der Waals surface area contributed by atoms with Crippen molar-refractivity contribution in [3.8, 4) is 5.75 Å². The van der Waals surface area contributed by atoms with E-state index in [4.69, 9.17) is 22.1 Å². The summed E-state index contributed by atoms with van der Waals surface area (Å²) in [6, 6.07) is 2.18. The van der Waals surface area contributed by atoms with Gasteiger partial charge in [0.05, 0.1) is 23.8 Å². The van der Waals surface area contributed by atoms with Gasteiger partial charge in [-0.25, -0.2) is 4.39 Å². The normalized spacial score (nSPS) is 13.5. The number of nitrogens with two attached hydrogens (primary N) is 1. The van der Waals surface area contributed by atoms with Gasteiger partial charge in [0.15, 0.2) is 11.6 Å². The minimum absolute atomic E-state index is 0. The van der Waals surface area contributed by atoms with Crippen molar-refractivity contribution in [2.45, 2.75) is 45.3 Å². The third kappa shape index (κ3) is 5.09. The molecule has 1 aromatic rings. The largest absolute Gasteiger partial charge is 0.489 e. The Morgan fingerprint density at radius 2 is 2.05 bits per heavy atom. The van der Waals surface area contributed by atoms with Crippen molar-refractivity contribution in [1.82, 2.24) is 0 Å². The summed E-state index contributed by atoms with van der Waals surface area (Å²) >= 11 is 5.96. The molecule has 3 nitrogen and oxygen atoms in total. The minimum atomic E-state index is -0.701. The average molecular weight is 326 g/mol. The van der Waals surface area contributed by atoms with Crippen LogP contribution in [-0.2, 0) is 0 Å². The predicted molar refractivity (Wildman–Crippen MR) is 82.3 cm³/mol. The number of rotatable bonds is 7. The molecule has 0 saturated heterocycles. The Labute approximate surface area is 130 Å². The second-order valence-electron chi connectivity index (χ2n) is 4.48. The quantitative estimate of drug-likeness (QED) is 0.800. The Bertz CT molecular complexity index is 395. The van der Waals surface area contributed by atoms with Gasteiger partial charge in [-0.15, -0.1) is 12.4 Å². The lowest BCUT2D eigenvalue weighted by Gasteiger charge is -2.20. The number of aliphatic hydroxyl groups excluding tert-OH is 1. The van der Waals surface area contributed by atoms with Crippen LogP contribution in [0.1, 0.15) is 44.7 Å². The van der Waals surface area contributed by atoms with Crippen LogP contribution in [0.5, 0.6) is 5.75 Å². The van der Waals surface area contributed by atoms with Crippen LogP contribution in [0.3, 0.4) is 0 Å². The molecule has 0 spiro atoms. The molecule has 0 aromatic heterocycles. The van der Waals surface area contributed by atoms with Crippen LogP contribution in [0.2, 0.25) is 5.02 Å². The van der Waals surface area contributed by atoms with Gasteiger partial charge in [0.2, 0.25) is 0 Å². The highest BCUT2D eigenvalue weighted by Crippen LogP contribution is 2.32. The zero-order chi connectivity index (χ0) is 14.4. The summed E-state index contributed by atoms with van der Waals surface area (Å²) in [5, 5.41) is 10.1. The molecule has 0 aliphatic heterocycles. The Kier molecular flexibility index (Phi) is 9.14. The van der Waals surface area contributed by atoms with Gasteiger partial charge in [-0.1, -0.05) is 31.4 Å². The summed E-state index contributed by atoms with van der Waals surface area (Å²) in [7, 11) is 0. The molecule has 0 fully saturated rings. The molecule has 0 unspecified atom stereocenters. The molecule has 0 aliphatic carbocycles. The standard InChI is InChI=1S/C14H21ClFNO2.ClH/c1-3-5-6-12(18)13(17)9-7-10(15)14(19-4-2)11(16)8-9;/h7-8,12-13,18H,3-6,17H2,1-2H3;1H/t12-,13+;/m0./s1. The number of unbranched alkanes of at least 4 members (excludes halogenated alkanes) is 1. The topological polar surface area (TPSA) is 55.5 Å². The highest BCUT2D eigenvalue weighted by atomic mass is 35.5. The van der Waals surface area contributed by atoms with Gasteiger partial charge in [0.25, 0.3) is 0 Å². The lowest BCUT2D eigenvalue weighted by molar-refractivity contribution is 0.132. The maximum absolute atomic E-state index is 13.8. The van der Waals surface area contributed by atoms with Crippen LogP contribution in [0.25, 0.3) is 0 Å². The lowest BCUT2D eigenvalue weighted by atomic mass is 9.98. The van der Waals surface area contributed by atoms with Crippen LogP contribution in [-0.4, -0.2) is 17.8 Å². The summed E-state index contributed by atoms with van der Waals surface area (Å²) in [5.41, 5.74) is 6.41. The summed E-state index contributed by atoms with van der Waals surface area (Å²) < 4.78 is 18.9. The second kappa shape index (κ2) is 9.40. The van der Waals surface area contributed by atoms with E-state index in [1.807, 2.05) is 6.92 Å². The van der Waals surface area contributed by atoms with E-state index in [1.54, 1.807) is 13.0 Å². The van der Waals surface area contributed by atoms with Crippen molar-refractivity contribution >= 4 is 24.0 Å². The molecule has 0 amide bonds. The molecular weight excluding hydrogens is 304 g/mol. The van der Waals surface area contributed by atoms with Crippen LogP contribution >= 0.6 is 24.0 Å². The van der Waals surface area contributed by atoms with E-state index in [1.165, 1.54) is 6.07 Å². The third-order valence-corrected chi connectivity index (χ3v) is 3.24. The first-order valence-electron chi connectivity index (χ1n) is 6.56. The van der Waals surface area contributed by atoms with E-state index in [0.29, 0.717) is 18.6 Å². The molecule has 6 heteroatoms. The zero-order valence-electron chi connectivity index (χ0n) is 11.7. The first kappa shape index (κ1) is 19.4. The molecule has 0 radical (unpaired) electrons. The molecule has 0 heterocycles. The first-order chi connectivity index (χ1) is 9.01. The van der Waals surface area contributed by atoms with E-state index < -0.39 is 18.0 Å². The molecule has 2 atom stereocenters. The number of ether oxygens (including phenoxy) is 1. The monoisotopic (exact) mass is 325 g/mol. The Morgan fingerprint density at radius 1 is 1.40 bits per heavy atom.